The van der Waals surface area contributed by atoms with Gasteiger partial charge in [0.1, 0.15) is 30.0 Å². The molecule has 0 bridgehead atoms. The maximum atomic E-state index is 13.0. The number of rotatable bonds is 4. The predicted octanol–water partition coefficient (Wildman–Crippen LogP) is 1.53. The van der Waals surface area contributed by atoms with Gasteiger partial charge in [0.05, 0.1) is 23.3 Å². The quantitative estimate of drug-likeness (QED) is 0.215. The highest BCUT2D eigenvalue weighted by Gasteiger charge is 2.77. The van der Waals surface area contributed by atoms with Crippen LogP contribution in [0.2, 0.25) is 0 Å². The van der Waals surface area contributed by atoms with Crippen LogP contribution in [-0.4, -0.2) is 88.7 Å². The molecule has 2 heterocycles. The molecule has 13 heteroatoms. The largest absolute Gasteiger partial charge is 0.459 e. The lowest BCUT2D eigenvalue weighted by atomic mass is 9.52. The summed E-state index contributed by atoms with van der Waals surface area (Å²) in [5, 5.41) is 11.3. The third-order valence-electron chi connectivity index (χ3n) is 8.67. The van der Waals surface area contributed by atoms with Crippen molar-refractivity contribution in [2.75, 3.05) is 6.61 Å². The van der Waals surface area contributed by atoms with Crippen LogP contribution < -0.4 is 0 Å². The molecule has 2 aliphatic heterocycles. The molecule has 11 atom stereocenters. The number of aliphatic hydroxyl groups is 1. The lowest BCUT2D eigenvalue weighted by Crippen LogP contribution is -2.72. The molecule has 12 nitrogen and oxygen atoms in total. The fourth-order valence-electron chi connectivity index (χ4n) is 6.87. The van der Waals surface area contributed by atoms with Gasteiger partial charge in [-0.1, -0.05) is 19.6 Å². The molecule has 41 heavy (non-hydrogen) atoms. The van der Waals surface area contributed by atoms with Crippen LogP contribution in [0.15, 0.2) is 24.3 Å². The van der Waals surface area contributed by atoms with Gasteiger partial charge in [-0.15, -0.1) is 11.6 Å². The molecule has 1 N–H and O–H groups in total. The molecule has 2 aliphatic carbocycles. The van der Waals surface area contributed by atoms with E-state index in [4.69, 9.17) is 40.0 Å². The number of hydrogen-bond acceptors (Lipinski definition) is 12. The zero-order valence-electron chi connectivity index (χ0n) is 23.7. The highest BCUT2D eigenvalue weighted by Crippen LogP contribution is 2.62. The second kappa shape index (κ2) is 10.7. The number of halogens is 1. The second-order valence-electron chi connectivity index (χ2n) is 11.4. The first-order valence-electron chi connectivity index (χ1n) is 13.3. The SMILES string of the molecule is C=C1/C=C/[C@H](OC(C)=O)[C@]2(C)[C@H](OC(C)=O)[C@@H](OC(C)=O)C[C@]3(CO3)[C@@H]2C(OC(C)=O)[C@]2(O)[C@@H](C)C(=O)O[C@H]2C1Cl. The van der Waals surface area contributed by atoms with Crippen LogP contribution in [0.5, 0.6) is 0 Å². The molecule has 4 aliphatic rings. The van der Waals surface area contributed by atoms with E-state index in [2.05, 4.69) is 6.58 Å². The molecule has 2 saturated heterocycles. The van der Waals surface area contributed by atoms with Gasteiger partial charge in [-0.2, -0.15) is 0 Å². The van der Waals surface area contributed by atoms with Gasteiger partial charge in [-0.05, 0) is 18.6 Å². The number of carbonyl (C=O) groups excluding carboxylic acids is 5. The Bertz CT molecular complexity index is 1190. The van der Waals surface area contributed by atoms with Crippen molar-refractivity contribution in [1.82, 2.24) is 0 Å². The van der Waals surface area contributed by atoms with Crippen molar-refractivity contribution in [2.24, 2.45) is 17.3 Å². The van der Waals surface area contributed by atoms with E-state index in [1.54, 1.807) is 6.92 Å². The summed E-state index contributed by atoms with van der Waals surface area (Å²) in [6.45, 7) is 11.7. The molecule has 2 unspecified atom stereocenters. The number of allylic oxidation sites excluding steroid dienone is 1. The fraction of sp³-hybridized carbons (Fsp3) is 0.679. The van der Waals surface area contributed by atoms with E-state index < -0.39 is 94.2 Å². The average Bonchev–Trinajstić information content (AvgIpc) is 3.57. The molecular weight excluding hydrogens is 564 g/mol. The van der Waals surface area contributed by atoms with Gasteiger partial charge >= 0.3 is 29.8 Å². The molecule has 0 aromatic heterocycles. The van der Waals surface area contributed by atoms with Gasteiger partial charge in [0.25, 0.3) is 0 Å². The third-order valence-corrected chi connectivity index (χ3v) is 9.18. The Morgan fingerprint density at radius 3 is 2.05 bits per heavy atom. The number of alkyl halides is 1. The fourth-order valence-corrected chi connectivity index (χ4v) is 7.19. The van der Waals surface area contributed by atoms with Crippen LogP contribution in [-0.2, 0) is 52.4 Å². The smallest absolute Gasteiger partial charge is 0.312 e. The molecule has 0 radical (unpaired) electrons. The maximum Gasteiger partial charge on any atom is 0.312 e. The molecule has 0 aromatic rings. The van der Waals surface area contributed by atoms with Crippen molar-refractivity contribution in [2.45, 2.75) is 95.1 Å². The van der Waals surface area contributed by atoms with E-state index in [1.807, 2.05) is 0 Å². The summed E-state index contributed by atoms with van der Waals surface area (Å²) in [4.78, 5) is 62.8. The first kappa shape index (κ1) is 31.0. The molecule has 1 saturated carbocycles. The summed E-state index contributed by atoms with van der Waals surface area (Å²) in [7, 11) is 0. The standard InChI is InChI=1S/C28H35ClO12/c1-12-8-9-19(38-15(4)31)26(7)21(27(11-36-27)10-18(37-14(3)30)22(26)39-16(5)32)24(40-17(6)33)28(35)13(2)25(34)41-23(28)20(12)29/h8-9,13,18-24,35H,1,10-11H2,2-7H3/b9-8+/t13-,18-,19-,20?,21+,22+,23-,24?,26-,27-,28-/m0/s1. The van der Waals surface area contributed by atoms with Crippen molar-refractivity contribution in [3.63, 3.8) is 0 Å². The number of hydrogen-bond donors (Lipinski definition) is 1. The van der Waals surface area contributed by atoms with E-state index in [0.717, 1.165) is 13.8 Å². The van der Waals surface area contributed by atoms with Gasteiger partial charge in [0.15, 0.2) is 11.7 Å². The molecule has 4 rings (SSSR count). The van der Waals surface area contributed by atoms with Crippen molar-refractivity contribution < 1.29 is 57.5 Å². The van der Waals surface area contributed by atoms with Crippen LogP contribution in [0.4, 0.5) is 0 Å². The van der Waals surface area contributed by atoms with E-state index >= 15 is 0 Å². The second-order valence-corrected chi connectivity index (χ2v) is 11.9. The van der Waals surface area contributed by atoms with E-state index in [9.17, 15) is 29.1 Å². The number of ether oxygens (including phenoxy) is 6. The minimum atomic E-state index is -2.25. The highest BCUT2D eigenvalue weighted by atomic mass is 35.5. The van der Waals surface area contributed by atoms with Gasteiger partial charge < -0.3 is 33.5 Å². The van der Waals surface area contributed by atoms with Gasteiger partial charge in [0.2, 0.25) is 0 Å². The molecule has 1 spiro atoms. The van der Waals surface area contributed by atoms with E-state index in [-0.39, 0.29) is 18.6 Å². The first-order chi connectivity index (χ1) is 19.0. The molecule has 3 fully saturated rings. The van der Waals surface area contributed by atoms with Gasteiger partial charge in [0, 0.05) is 40.0 Å². The number of carbonyl (C=O) groups is 5. The Morgan fingerprint density at radius 2 is 1.54 bits per heavy atom. The number of fused-ring (bicyclic) bond motifs is 3. The highest BCUT2D eigenvalue weighted by molar-refractivity contribution is 6.23. The summed E-state index contributed by atoms with van der Waals surface area (Å²) in [5.41, 5.74) is -4.90. The van der Waals surface area contributed by atoms with Crippen LogP contribution in [0.3, 0.4) is 0 Å². The summed E-state index contributed by atoms with van der Waals surface area (Å²) >= 11 is 6.73. The number of epoxide rings is 1. The molecular formula is C28H35ClO12. The molecule has 0 aromatic carbocycles. The lowest BCUT2D eigenvalue weighted by Gasteiger charge is -2.57. The Hall–Kier alpha value is -2.96. The zero-order chi connectivity index (χ0) is 30.7. The Kier molecular flexibility index (Phi) is 8.09. The minimum absolute atomic E-state index is 0.0278. The predicted molar refractivity (Wildman–Crippen MR) is 139 cm³/mol. The minimum Gasteiger partial charge on any atom is -0.459 e. The Morgan fingerprint density at radius 1 is 1.00 bits per heavy atom. The third kappa shape index (κ3) is 5.14. The summed E-state index contributed by atoms with van der Waals surface area (Å²) < 4.78 is 34.7. The van der Waals surface area contributed by atoms with Crippen LogP contribution >= 0.6 is 11.6 Å². The normalized spacial score (nSPS) is 44.0. The topological polar surface area (TPSA) is 164 Å². The maximum absolute atomic E-state index is 13.0. The molecule has 226 valence electrons. The van der Waals surface area contributed by atoms with Gasteiger partial charge in [-0.25, -0.2) is 0 Å². The van der Waals surface area contributed by atoms with E-state index in [0.29, 0.717) is 0 Å². The van der Waals surface area contributed by atoms with Crippen LogP contribution in [0, 0.1) is 17.3 Å². The summed E-state index contributed by atoms with van der Waals surface area (Å²) in [6, 6.07) is 0. The summed E-state index contributed by atoms with van der Waals surface area (Å²) in [6.07, 6.45) is -3.72. The first-order valence-corrected chi connectivity index (χ1v) is 13.7. The zero-order valence-corrected chi connectivity index (χ0v) is 24.5. The molecule has 0 amide bonds. The van der Waals surface area contributed by atoms with Crippen molar-refractivity contribution in [3.8, 4) is 0 Å². The van der Waals surface area contributed by atoms with Crippen molar-refractivity contribution >= 4 is 41.4 Å². The Balaban J connectivity index is 2.09. The van der Waals surface area contributed by atoms with Crippen LogP contribution in [0.1, 0.15) is 48.0 Å². The van der Waals surface area contributed by atoms with Crippen LogP contribution in [0.25, 0.3) is 0 Å². The lowest BCUT2D eigenvalue weighted by molar-refractivity contribution is -0.257. The average molecular weight is 599 g/mol. The van der Waals surface area contributed by atoms with Crippen molar-refractivity contribution in [3.05, 3.63) is 24.3 Å². The summed E-state index contributed by atoms with van der Waals surface area (Å²) in [5.74, 6) is -6.07. The Labute approximate surface area is 242 Å². The monoisotopic (exact) mass is 598 g/mol. The van der Waals surface area contributed by atoms with Gasteiger partial charge in [-0.3, -0.25) is 24.0 Å². The van der Waals surface area contributed by atoms with E-state index in [1.165, 1.54) is 32.9 Å². The van der Waals surface area contributed by atoms with Crippen molar-refractivity contribution in [1.29, 1.82) is 0 Å². The number of esters is 5.